The predicted molar refractivity (Wildman–Crippen MR) is 108 cm³/mol. The van der Waals surface area contributed by atoms with Gasteiger partial charge in [0.2, 0.25) is 11.1 Å². The summed E-state index contributed by atoms with van der Waals surface area (Å²) in [6, 6.07) is 7.99. The minimum atomic E-state index is 0.0491. The number of carbonyl (C=O) groups excluding carboxylic acids is 1. The third-order valence-corrected chi connectivity index (χ3v) is 5.44. The molecule has 1 aromatic carbocycles. The highest BCUT2D eigenvalue weighted by atomic mass is 32.2. The standard InChI is InChI=1S/C19H27N5O3S/c1-19(2,3)14-4-6-15(7-5-14)27-12-16-21-22-18(24(16)20)28-13-17(25)23-8-10-26-11-9-23/h4-7H,8-13,20H2,1-3H3. The summed E-state index contributed by atoms with van der Waals surface area (Å²) in [4.78, 5) is 14.0. The van der Waals surface area contributed by atoms with Gasteiger partial charge in [-0.25, -0.2) is 4.68 Å². The molecule has 1 fully saturated rings. The molecule has 28 heavy (non-hydrogen) atoms. The van der Waals surface area contributed by atoms with Crippen LogP contribution >= 0.6 is 11.8 Å². The van der Waals surface area contributed by atoms with Crippen molar-refractivity contribution in [2.45, 2.75) is 37.9 Å². The van der Waals surface area contributed by atoms with Crippen molar-refractivity contribution in [1.82, 2.24) is 19.8 Å². The highest BCUT2D eigenvalue weighted by Crippen LogP contribution is 2.24. The maximum atomic E-state index is 12.2. The van der Waals surface area contributed by atoms with Gasteiger partial charge in [0, 0.05) is 13.1 Å². The van der Waals surface area contributed by atoms with E-state index >= 15 is 0 Å². The molecule has 8 nitrogen and oxygen atoms in total. The Bertz CT molecular complexity index is 795. The predicted octanol–water partition coefficient (Wildman–Crippen LogP) is 1.82. The Labute approximate surface area is 169 Å². The van der Waals surface area contributed by atoms with Crippen molar-refractivity contribution in [2.75, 3.05) is 37.9 Å². The van der Waals surface area contributed by atoms with Gasteiger partial charge in [-0.05, 0) is 23.1 Å². The van der Waals surface area contributed by atoms with Gasteiger partial charge in [0.25, 0.3) is 0 Å². The second kappa shape index (κ2) is 8.83. The molecule has 0 radical (unpaired) electrons. The highest BCUT2D eigenvalue weighted by Gasteiger charge is 2.19. The summed E-state index contributed by atoms with van der Waals surface area (Å²) in [5.74, 6) is 7.62. The zero-order chi connectivity index (χ0) is 20.1. The average molecular weight is 406 g/mol. The number of ether oxygens (including phenoxy) is 2. The van der Waals surface area contributed by atoms with Crippen LogP contribution in [0.1, 0.15) is 32.2 Å². The number of nitrogens with two attached hydrogens (primary N) is 1. The lowest BCUT2D eigenvalue weighted by Gasteiger charge is -2.26. The van der Waals surface area contributed by atoms with E-state index in [0.29, 0.717) is 37.3 Å². The highest BCUT2D eigenvalue weighted by molar-refractivity contribution is 7.99. The van der Waals surface area contributed by atoms with Crippen LogP contribution in [0.5, 0.6) is 5.75 Å². The number of morpholine rings is 1. The fraction of sp³-hybridized carbons (Fsp3) is 0.526. The summed E-state index contributed by atoms with van der Waals surface area (Å²) >= 11 is 1.27. The van der Waals surface area contributed by atoms with Crippen molar-refractivity contribution < 1.29 is 14.3 Å². The van der Waals surface area contributed by atoms with Crippen molar-refractivity contribution in [3.8, 4) is 5.75 Å². The molecular weight excluding hydrogens is 378 g/mol. The van der Waals surface area contributed by atoms with Crippen molar-refractivity contribution in [2.24, 2.45) is 0 Å². The van der Waals surface area contributed by atoms with Gasteiger partial charge in [-0.3, -0.25) is 4.79 Å². The summed E-state index contributed by atoms with van der Waals surface area (Å²) < 4.78 is 12.4. The number of carbonyl (C=O) groups is 1. The Balaban J connectivity index is 1.52. The van der Waals surface area contributed by atoms with Crippen LogP contribution in [0.25, 0.3) is 0 Å². The van der Waals surface area contributed by atoms with Crippen molar-refractivity contribution >= 4 is 17.7 Å². The number of aromatic nitrogens is 3. The quantitative estimate of drug-likeness (QED) is 0.578. The molecule has 2 heterocycles. The number of nitrogens with zero attached hydrogens (tertiary/aromatic N) is 4. The lowest BCUT2D eigenvalue weighted by Crippen LogP contribution is -2.41. The van der Waals surface area contributed by atoms with Crippen LogP contribution in [0.4, 0.5) is 0 Å². The lowest BCUT2D eigenvalue weighted by atomic mass is 9.87. The van der Waals surface area contributed by atoms with Gasteiger partial charge >= 0.3 is 0 Å². The number of rotatable bonds is 6. The molecule has 1 saturated heterocycles. The first-order chi connectivity index (χ1) is 13.3. The van der Waals surface area contributed by atoms with E-state index in [1.165, 1.54) is 22.0 Å². The number of hydrogen-bond donors (Lipinski definition) is 1. The monoisotopic (exact) mass is 405 g/mol. The van der Waals surface area contributed by atoms with Crippen LogP contribution in [-0.2, 0) is 21.6 Å². The molecule has 1 aliphatic rings. The maximum absolute atomic E-state index is 12.2. The molecular formula is C19H27N5O3S. The summed E-state index contributed by atoms with van der Waals surface area (Å²) in [5.41, 5.74) is 1.34. The van der Waals surface area contributed by atoms with Gasteiger partial charge in [0.05, 0.1) is 19.0 Å². The van der Waals surface area contributed by atoms with Crippen LogP contribution in [0.15, 0.2) is 29.4 Å². The van der Waals surface area contributed by atoms with Crippen molar-refractivity contribution in [3.05, 3.63) is 35.7 Å². The van der Waals surface area contributed by atoms with E-state index in [4.69, 9.17) is 15.3 Å². The van der Waals surface area contributed by atoms with Crippen LogP contribution in [0.2, 0.25) is 0 Å². The van der Waals surface area contributed by atoms with Crippen LogP contribution in [0.3, 0.4) is 0 Å². The molecule has 2 aromatic rings. The Kier molecular flexibility index (Phi) is 6.46. The number of amides is 1. The summed E-state index contributed by atoms with van der Waals surface area (Å²) in [6.07, 6.45) is 0. The fourth-order valence-electron chi connectivity index (χ4n) is 2.73. The van der Waals surface area contributed by atoms with Crippen molar-refractivity contribution in [1.29, 1.82) is 0 Å². The zero-order valence-electron chi connectivity index (χ0n) is 16.6. The molecule has 0 atom stereocenters. The second-order valence-corrected chi connectivity index (χ2v) is 8.56. The molecule has 0 unspecified atom stereocenters. The van der Waals surface area contributed by atoms with Crippen LogP contribution in [0, 0.1) is 0 Å². The summed E-state index contributed by atoms with van der Waals surface area (Å²) in [5, 5.41) is 8.63. The van der Waals surface area contributed by atoms with Gasteiger partial charge in [0.15, 0.2) is 5.82 Å². The fourth-order valence-corrected chi connectivity index (χ4v) is 3.51. The molecule has 1 aliphatic heterocycles. The van der Waals surface area contributed by atoms with Crippen LogP contribution < -0.4 is 10.6 Å². The minimum Gasteiger partial charge on any atom is -0.486 e. The third kappa shape index (κ3) is 5.17. The number of thioether (sulfide) groups is 1. The van der Waals surface area contributed by atoms with E-state index in [9.17, 15) is 4.79 Å². The molecule has 1 aromatic heterocycles. The van der Waals surface area contributed by atoms with Gasteiger partial charge < -0.3 is 20.2 Å². The zero-order valence-corrected chi connectivity index (χ0v) is 17.4. The first-order valence-corrected chi connectivity index (χ1v) is 10.2. The van der Waals surface area contributed by atoms with Gasteiger partial charge in [0.1, 0.15) is 12.4 Å². The molecule has 3 rings (SSSR count). The van der Waals surface area contributed by atoms with E-state index in [2.05, 4.69) is 43.1 Å². The van der Waals surface area contributed by atoms with E-state index < -0.39 is 0 Å². The third-order valence-electron chi connectivity index (χ3n) is 4.51. The molecule has 0 saturated carbocycles. The van der Waals surface area contributed by atoms with Gasteiger partial charge in [-0.15, -0.1) is 10.2 Å². The number of benzene rings is 1. The molecule has 9 heteroatoms. The number of nitrogen functional groups attached to an aromatic ring is 1. The first-order valence-electron chi connectivity index (χ1n) is 9.25. The first kappa shape index (κ1) is 20.5. The molecule has 1 amide bonds. The molecule has 152 valence electrons. The van der Waals surface area contributed by atoms with E-state index in [1.54, 1.807) is 4.90 Å². The lowest BCUT2D eigenvalue weighted by molar-refractivity contribution is -0.132. The van der Waals surface area contributed by atoms with Gasteiger partial charge in [-0.1, -0.05) is 44.7 Å². The van der Waals surface area contributed by atoms with E-state index in [1.807, 2.05) is 12.1 Å². The summed E-state index contributed by atoms with van der Waals surface area (Å²) in [7, 11) is 0. The van der Waals surface area contributed by atoms with Crippen LogP contribution in [-0.4, -0.2) is 57.7 Å². The van der Waals surface area contributed by atoms with E-state index in [-0.39, 0.29) is 23.7 Å². The second-order valence-electron chi connectivity index (χ2n) is 7.61. The average Bonchev–Trinajstić information content (AvgIpc) is 3.04. The smallest absolute Gasteiger partial charge is 0.233 e. The SMILES string of the molecule is CC(C)(C)c1ccc(OCc2nnc(SCC(=O)N3CCOCC3)n2N)cc1. The topological polar surface area (TPSA) is 95.5 Å². The normalized spacial score (nSPS) is 14.9. The van der Waals surface area contributed by atoms with Gasteiger partial charge in [-0.2, -0.15) is 0 Å². The van der Waals surface area contributed by atoms with E-state index in [0.717, 1.165) is 5.75 Å². The molecule has 0 bridgehead atoms. The molecule has 0 aliphatic carbocycles. The maximum Gasteiger partial charge on any atom is 0.233 e. The largest absolute Gasteiger partial charge is 0.486 e. The Morgan fingerprint density at radius 2 is 1.89 bits per heavy atom. The number of hydrogen-bond acceptors (Lipinski definition) is 7. The Hall–Kier alpha value is -2.26. The Morgan fingerprint density at radius 1 is 1.21 bits per heavy atom. The Morgan fingerprint density at radius 3 is 2.54 bits per heavy atom. The molecule has 0 spiro atoms. The minimum absolute atomic E-state index is 0.0491. The molecule has 2 N–H and O–H groups in total. The summed E-state index contributed by atoms with van der Waals surface area (Å²) in [6.45, 7) is 9.14. The van der Waals surface area contributed by atoms with Crippen molar-refractivity contribution in [3.63, 3.8) is 0 Å².